The van der Waals surface area contributed by atoms with Gasteiger partial charge in [0.25, 0.3) is 11.4 Å². The Morgan fingerprint density at radius 1 is 0.923 bits per heavy atom. The number of nitro groups is 2. The molecule has 6 aliphatic rings. The van der Waals surface area contributed by atoms with Crippen molar-refractivity contribution in [2.75, 3.05) is 0 Å². The maximum atomic E-state index is 11.3. The van der Waals surface area contributed by atoms with Crippen LogP contribution in [0.4, 0.5) is 11.4 Å². The van der Waals surface area contributed by atoms with Gasteiger partial charge in [-0.15, -0.1) is 0 Å². The molecule has 6 saturated carbocycles. The monoisotopic (exact) mass is 356 g/mol. The van der Waals surface area contributed by atoms with Crippen LogP contribution in [-0.4, -0.2) is 16.0 Å². The molecule has 1 aromatic carbocycles. The SMILES string of the molecule is O=[N+]([O-])c1ccc(CO[C@@H]2C[C@H]3[C@H]4[C@H]5CC[C@H]6[C@H]5[C@H]3[C@H]2[C@H]64)c([N+](=O)[O-])c1. The fourth-order valence-electron chi connectivity index (χ4n) is 8.18. The summed E-state index contributed by atoms with van der Waals surface area (Å²) in [7, 11) is 0. The Balaban J connectivity index is 1.21. The second kappa shape index (κ2) is 4.82. The van der Waals surface area contributed by atoms with Crippen LogP contribution in [0.3, 0.4) is 0 Å². The van der Waals surface area contributed by atoms with Gasteiger partial charge in [-0.3, -0.25) is 20.2 Å². The number of non-ortho nitro benzene ring substituents is 1. The number of benzene rings is 1. The average Bonchev–Trinajstić information content (AvgIpc) is 3.41. The Hall–Kier alpha value is -2.02. The van der Waals surface area contributed by atoms with Gasteiger partial charge in [-0.05, 0) is 72.7 Å². The highest BCUT2D eigenvalue weighted by atomic mass is 16.6. The van der Waals surface area contributed by atoms with Gasteiger partial charge in [-0.1, -0.05) is 0 Å². The molecule has 0 heterocycles. The van der Waals surface area contributed by atoms with E-state index in [-0.39, 0.29) is 24.1 Å². The highest BCUT2D eigenvalue weighted by Gasteiger charge is 2.79. The van der Waals surface area contributed by atoms with Gasteiger partial charge in [-0.25, -0.2) is 0 Å². The minimum atomic E-state index is -0.605. The van der Waals surface area contributed by atoms with Crippen LogP contribution in [0.15, 0.2) is 18.2 Å². The van der Waals surface area contributed by atoms with Crippen molar-refractivity contribution in [2.45, 2.75) is 32.0 Å². The van der Waals surface area contributed by atoms with Crippen molar-refractivity contribution < 1.29 is 14.6 Å². The molecule has 0 spiro atoms. The van der Waals surface area contributed by atoms with Gasteiger partial charge in [0, 0.05) is 6.07 Å². The van der Waals surface area contributed by atoms with Crippen LogP contribution >= 0.6 is 0 Å². The Labute approximate surface area is 150 Å². The van der Waals surface area contributed by atoms with Crippen molar-refractivity contribution >= 4 is 11.4 Å². The molecular weight excluding hydrogens is 336 g/mol. The Morgan fingerprint density at radius 2 is 1.62 bits per heavy atom. The summed E-state index contributed by atoms with van der Waals surface area (Å²) in [6.45, 7) is 0.172. The van der Waals surface area contributed by atoms with Crippen molar-refractivity contribution in [2.24, 2.45) is 47.3 Å². The van der Waals surface area contributed by atoms with Gasteiger partial charge in [0.05, 0.1) is 34.2 Å². The minimum Gasteiger partial charge on any atom is -0.373 e. The van der Waals surface area contributed by atoms with Crippen molar-refractivity contribution in [1.29, 1.82) is 0 Å². The van der Waals surface area contributed by atoms with Crippen LogP contribution in [0.1, 0.15) is 24.8 Å². The number of nitro benzene ring substituents is 2. The Bertz CT molecular complexity index is 833. The zero-order valence-electron chi connectivity index (χ0n) is 14.2. The van der Waals surface area contributed by atoms with Gasteiger partial charge in [0.15, 0.2) is 0 Å². The molecule has 7 rings (SSSR count). The first-order chi connectivity index (χ1) is 12.6. The third kappa shape index (κ3) is 1.63. The topological polar surface area (TPSA) is 95.5 Å². The predicted molar refractivity (Wildman–Crippen MR) is 90.1 cm³/mol. The van der Waals surface area contributed by atoms with E-state index in [1.807, 2.05) is 0 Å². The van der Waals surface area contributed by atoms with Crippen LogP contribution < -0.4 is 0 Å². The van der Waals surface area contributed by atoms with Crippen LogP contribution in [0.2, 0.25) is 0 Å². The Morgan fingerprint density at radius 3 is 2.35 bits per heavy atom. The fraction of sp³-hybridized carbons (Fsp3) is 0.684. The average molecular weight is 356 g/mol. The molecule has 0 aliphatic heterocycles. The summed E-state index contributed by atoms with van der Waals surface area (Å²) in [6, 6.07) is 3.83. The van der Waals surface area contributed by atoms with E-state index in [1.165, 1.54) is 25.0 Å². The molecule has 0 amide bonds. The van der Waals surface area contributed by atoms with E-state index >= 15 is 0 Å². The van der Waals surface area contributed by atoms with E-state index in [0.29, 0.717) is 11.5 Å². The lowest BCUT2D eigenvalue weighted by atomic mass is 9.70. The minimum absolute atomic E-state index is 0.172. The van der Waals surface area contributed by atoms with Crippen molar-refractivity contribution in [3.63, 3.8) is 0 Å². The second-order valence-electron chi connectivity index (χ2n) is 8.87. The molecule has 6 aliphatic carbocycles. The first-order valence-corrected chi connectivity index (χ1v) is 9.59. The van der Waals surface area contributed by atoms with Gasteiger partial charge in [0.1, 0.15) is 0 Å². The first kappa shape index (κ1) is 15.1. The predicted octanol–water partition coefficient (Wildman–Crippen LogP) is 3.56. The van der Waals surface area contributed by atoms with Crippen LogP contribution in [0, 0.1) is 67.6 Å². The normalized spacial score (nSPS) is 45.8. The van der Waals surface area contributed by atoms with Crippen molar-refractivity contribution in [3.8, 4) is 0 Å². The lowest BCUT2D eigenvalue weighted by Crippen LogP contribution is -2.36. The maximum absolute atomic E-state index is 11.3. The smallest absolute Gasteiger partial charge is 0.281 e. The zero-order chi connectivity index (χ0) is 17.7. The first-order valence-electron chi connectivity index (χ1n) is 9.59. The van der Waals surface area contributed by atoms with Gasteiger partial charge < -0.3 is 4.74 Å². The van der Waals surface area contributed by atoms with E-state index in [9.17, 15) is 20.2 Å². The van der Waals surface area contributed by atoms with Crippen molar-refractivity contribution in [1.82, 2.24) is 0 Å². The molecule has 26 heavy (non-hydrogen) atoms. The van der Waals surface area contributed by atoms with Crippen LogP contribution in [0.25, 0.3) is 0 Å². The number of ether oxygens (including phenoxy) is 1. The Kier molecular flexibility index (Phi) is 2.80. The lowest BCUT2D eigenvalue weighted by molar-refractivity contribution is -0.394. The van der Waals surface area contributed by atoms with Gasteiger partial charge in [-0.2, -0.15) is 0 Å². The van der Waals surface area contributed by atoms with Gasteiger partial charge >= 0.3 is 0 Å². The third-order valence-corrected chi connectivity index (χ3v) is 8.44. The van der Waals surface area contributed by atoms with E-state index in [1.54, 1.807) is 0 Å². The summed E-state index contributed by atoms with van der Waals surface area (Å²) in [4.78, 5) is 21.0. The van der Waals surface area contributed by atoms with E-state index < -0.39 is 9.85 Å². The van der Waals surface area contributed by atoms with Crippen LogP contribution in [0.5, 0.6) is 0 Å². The maximum Gasteiger partial charge on any atom is 0.281 e. The zero-order valence-corrected chi connectivity index (χ0v) is 14.2. The quantitative estimate of drug-likeness (QED) is 0.594. The summed E-state index contributed by atoms with van der Waals surface area (Å²) in [5.41, 5.74) is -0.0378. The summed E-state index contributed by atoms with van der Waals surface area (Å²) in [6.07, 6.45) is 4.16. The molecule has 0 unspecified atom stereocenters. The molecule has 7 nitrogen and oxygen atoms in total. The summed E-state index contributed by atoms with van der Waals surface area (Å²) in [5, 5.41) is 22.2. The molecule has 6 fully saturated rings. The molecule has 9 atom stereocenters. The second-order valence-corrected chi connectivity index (χ2v) is 8.87. The molecule has 136 valence electrons. The number of hydrogen-bond donors (Lipinski definition) is 0. The highest BCUT2D eigenvalue weighted by molar-refractivity contribution is 5.48. The third-order valence-electron chi connectivity index (χ3n) is 8.44. The fourth-order valence-corrected chi connectivity index (χ4v) is 8.18. The highest BCUT2D eigenvalue weighted by Crippen LogP contribution is 2.82. The lowest BCUT2D eigenvalue weighted by Gasteiger charge is -2.38. The van der Waals surface area contributed by atoms with E-state index in [4.69, 9.17) is 4.74 Å². The van der Waals surface area contributed by atoms with Crippen molar-refractivity contribution in [3.05, 3.63) is 44.0 Å². The largest absolute Gasteiger partial charge is 0.373 e. The molecule has 0 radical (unpaired) electrons. The molecule has 0 N–H and O–H groups in total. The van der Waals surface area contributed by atoms with Gasteiger partial charge in [0.2, 0.25) is 0 Å². The molecule has 7 heteroatoms. The number of rotatable bonds is 5. The molecular formula is C19H20N2O5. The van der Waals surface area contributed by atoms with E-state index in [2.05, 4.69) is 0 Å². The van der Waals surface area contributed by atoms with Crippen LogP contribution in [-0.2, 0) is 11.3 Å². The summed E-state index contributed by atoms with van der Waals surface area (Å²) in [5.74, 6) is 7.00. The molecule has 8 bridgehead atoms. The number of nitrogens with zero attached hydrogens (tertiary/aromatic N) is 2. The summed E-state index contributed by atoms with van der Waals surface area (Å²) < 4.78 is 6.20. The number of hydrogen-bond acceptors (Lipinski definition) is 5. The van der Waals surface area contributed by atoms with E-state index in [0.717, 1.165) is 53.9 Å². The standard InChI is InChI=1S/C19H20N2O5/c22-20(23)9-2-1-8(13(5-9)21(24)25)7-26-14-6-12-16-10-3-4-11-15(10)18(12)19(14)17(11)16/h1-2,5,10-12,14-19H,3-4,6-7H2/t10-,11-,12-,14+,15-,16+,17+,18-,19+/m0/s1. The molecule has 0 aromatic heterocycles. The molecule has 1 aromatic rings. The summed E-state index contributed by atoms with van der Waals surface area (Å²) >= 11 is 0. The molecule has 0 saturated heterocycles.